The van der Waals surface area contributed by atoms with Gasteiger partial charge in [0.25, 0.3) is 0 Å². The van der Waals surface area contributed by atoms with Crippen LogP contribution < -0.4 is 16.3 Å². The van der Waals surface area contributed by atoms with E-state index >= 15 is 0 Å². The van der Waals surface area contributed by atoms with Gasteiger partial charge in [0.1, 0.15) is 6.04 Å². The van der Waals surface area contributed by atoms with Crippen LogP contribution in [0.1, 0.15) is 25.3 Å². The summed E-state index contributed by atoms with van der Waals surface area (Å²) in [6.45, 7) is 1.74. The molecule has 8 heteroatoms. The van der Waals surface area contributed by atoms with Crippen molar-refractivity contribution in [2.24, 2.45) is 0 Å². The van der Waals surface area contributed by atoms with E-state index in [0.717, 1.165) is 11.0 Å². The van der Waals surface area contributed by atoms with Gasteiger partial charge in [-0.15, -0.1) is 0 Å². The van der Waals surface area contributed by atoms with E-state index in [9.17, 15) is 14.4 Å². The Morgan fingerprint density at radius 2 is 1.88 bits per heavy atom. The minimum Gasteiger partial charge on any atom is -0.354 e. The van der Waals surface area contributed by atoms with Crippen molar-refractivity contribution in [3.8, 4) is 0 Å². The number of nitrogens with zero attached hydrogens (tertiary/aromatic N) is 2. The van der Waals surface area contributed by atoms with Crippen molar-refractivity contribution in [1.29, 1.82) is 0 Å². The highest BCUT2D eigenvalue weighted by Gasteiger charge is 2.30. The Labute approximate surface area is 144 Å². The van der Waals surface area contributed by atoms with Crippen LogP contribution in [0.3, 0.4) is 0 Å². The molecule has 1 aromatic heterocycles. The molecule has 2 fully saturated rings. The molecule has 0 unspecified atom stereocenters. The largest absolute Gasteiger partial charge is 0.354 e. The molecule has 3 heterocycles. The zero-order valence-electron chi connectivity index (χ0n) is 13.8. The smallest absolute Gasteiger partial charge is 0.326 e. The molecule has 2 saturated heterocycles. The molecular weight excluding hydrogens is 322 g/mol. The molecule has 4 rings (SSSR count). The molecule has 0 aliphatic carbocycles. The molecule has 0 saturated carbocycles. The van der Waals surface area contributed by atoms with Gasteiger partial charge < -0.3 is 20.5 Å². The number of fused-ring (bicyclic) bond motifs is 1. The number of nitrogens with one attached hydrogen (secondary N) is 3. The number of imidazole rings is 1. The molecule has 2 aliphatic heterocycles. The number of aromatic nitrogens is 2. The predicted octanol–water partition coefficient (Wildman–Crippen LogP) is 0.565. The summed E-state index contributed by atoms with van der Waals surface area (Å²) in [7, 11) is 0. The first-order chi connectivity index (χ1) is 12.1. The molecule has 8 nitrogen and oxygen atoms in total. The summed E-state index contributed by atoms with van der Waals surface area (Å²) < 4.78 is 1.80. The van der Waals surface area contributed by atoms with Gasteiger partial charge in [-0.1, -0.05) is 12.1 Å². The highest BCUT2D eigenvalue weighted by Crippen LogP contribution is 2.24. The zero-order chi connectivity index (χ0) is 17.4. The van der Waals surface area contributed by atoms with E-state index in [4.69, 9.17) is 0 Å². The van der Waals surface area contributed by atoms with Gasteiger partial charge in [0.2, 0.25) is 5.91 Å². The van der Waals surface area contributed by atoms with E-state index < -0.39 is 6.04 Å². The lowest BCUT2D eigenvalue weighted by Crippen LogP contribution is -2.50. The normalized spacial score (nSPS) is 21.5. The van der Waals surface area contributed by atoms with E-state index in [2.05, 4.69) is 15.6 Å². The Morgan fingerprint density at radius 3 is 2.60 bits per heavy atom. The number of carbonyl (C=O) groups excluding carboxylic acids is 2. The molecule has 0 radical (unpaired) electrons. The van der Waals surface area contributed by atoms with Gasteiger partial charge >= 0.3 is 11.7 Å². The number of amides is 3. The standard InChI is InChI=1S/C17H21N5O3/c23-15-13(5-8-18-15)20-16(24)21-9-6-11(7-10-21)22-14-4-2-1-3-12(14)19-17(22)25/h1-4,11,13H,5-10H2,(H,18,23)(H,19,25)(H,20,24)/t13-/m0/s1. The summed E-state index contributed by atoms with van der Waals surface area (Å²) in [5.41, 5.74) is 1.63. The van der Waals surface area contributed by atoms with Crippen LogP contribution >= 0.6 is 0 Å². The van der Waals surface area contributed by atoms with Crippen LogP contribution in [-0.4, -0.2) is 52.1 Å². The van der Waals surface area contributed by atoms with Crippen LogP contribution in [0.2, 0.25) is 0 Å². The molecule has 0 bridgehead atoms. The molecule has 3 N–H and O–H groups in total. The summed E-state index contributed by atoms with van der Waals surface area (Å²) >= 11 is 0. The zero-order valence-corrected chi connectivity index (χ0v) is 13.8. The Balaban J connectivity index is 1.42. The van der Waals surface area contributed by atoms with Gasteiger partial charge in [-0.3, -0.25) is 9.36 Å². The number of para-hydroxylation sites is 2. The maximum atomic E-state index is 12.3. The number of hydrogen-bond acceptors (Lipinski definition) is 3. The second-order valence-corrected chi connectivity index (χ2v) is 6.62. The van der Waals surface area contributed by atoms with Crippen LogP contribution in [0, 0.1) is 0 Å². The molecule has 1 atom stereocenters. The van der Waals surface area contributed by atoms with E-state index in [1.165, 1.54) is 0 Å². The van der Waals surface area contributed by atoms with Gasteiger partial charge in [0.05, 0.1) is 11.0 Å². The number of likely N-dealkylation sites (tertiary alicyclic amines) is 1. The number of rotatable bonds is 2. The Morgan fingerprint density at radius 1 is 1.12 bits per heavy atom. The third-order valence-electron chi connectivity index (χ3n) is 5.09. The summed E-state index contributed by atoms with van der Waals surface area (Å²) in [5, 5.41) is 5.50. The topological polar surface area (TPSA) is 99.2 Å². The molecular formula is C17H21N5O3. The summed E-state index contributed by atoms with van der Waals surface area (Å²) in [6.07, 6.45) is 2.06. The minimum atomic E-state index is -0.429. The lowest BCUT2D eigenvalue weighted by atomic mass is 10.0. The Kier molecular flexibility index (Phi) is 3.95. The lowest BCUT2D eigenvalue weighted by Gasteiger charge is -2.33. The average Bonchev–Trinajstić information content (AvgIpc) is 3.17. The third kappa shape index (κ3) is 2.88. The van der Waals surface area contributed by atoms with E-state index in [0.29, 0.717) is 38.9 Å². The molecule has 2 aromatic rings. The average molecular weight is 343 g/mol. The molecule has 25 heavy (non-hydrogen) atoms. The van der Waals surface area contributed by atoms with E-state index in [1.807, 2.05) is 24.3 Å². The Bertz CT molecular complexity index is 863. The van der Waals surface area contributed by atoms with Crippen LogP contribution in [0.5, 0.6) is 0 Å². The fourth-order valence-corrected chi connectivity index (χ4v) is 3.74. The first kappa shape index (κ1) is 15.7. The van der Waals surface area contributed by atoms with Crippen molar-refractivity contribution in [3.05, 3.63) is 34.7 Å². The van der Waals surface area contributed by atoms with Gasteiger partial charge in [-0.2, -0.15) is 0 Å². The van der Waals surface area contributed by atoms with Gasteiger partial charge in [-0.25, -0.2) is 9.59 Å². The van der Waals surface area contributed by atoms with Crippen LogP contribution in [0.25, 0.3) is 11.0 Å². The third-order valence-corrected chi connectivity index (χ3v) is 5.09. The first-order valence-electron chi connectivity index (χ1n) is 8.66. The number of benzene rings is 1. The van der Waals surface area contributed by atoms with Crippen molar-refractivity contribution in [3.63, 3.8) is 0 Å². The van der Waals surface area contributed by atoms with Gasteiger partial charge in [0.15, 0.2) is 0 Å². The highest BCUT2D eigenvalue weighted by molar-refractivity contribution is 5.88. The number of carbonyl (C=O) groups is 2. The second kappa shape index (κ2) is 6.27. The van der Waals surface area contributed by atoms with E-state index in [1.54, 1.807) is 9.47 Å². The number of urea groups is 1. The number of piperidine rings is 1. The highest BCUT2D eigenvalue weighted by atomic mass is 16.2. The quantitative estimate of drug-likeness (QED) is 0.743. The molecule has 1 aromatic carbocycles. The molecule has 3 amide bonds. The first-order valence-corrected chi connectivity index (χ1v) is 8.66. The van der Waals surface area contributed by atoms with Crippen molar-refractivity contribution in [2.45, 2.75) is 31.3 Å². The minimum absolute atomic E-state index is 0.0717. The fraction of sp³-hybridized carbons (Fsp3) is 0.471. The maximum absolute atomic E-state index is 12.3. The number of H-pyrrole nitrogens is 1. The Hall–Kier alpha value is -2.77. The summed E-state index contributed by atoms with van der Waals surface area (Å²) in [5.74, 6) is -0.117. The van der Waals surface area contributed by atoms with Crippen molar-refractivity contribution >= 4 is 23.0 Å². The van der Waals surface area contributed by atoms with Gasteiger partial charge in [0, 0.05) is 25.7 Å². The van der Waals surface area contributed by atoms with Crippen molar-refractivity contribution in [1.82, 2.24) is 25.1 Å². The predicted molar refractivity (Wildman–Crippen MR) is 92.3 cm³/mol. The van der Waals surface area contributed by atoms with Crippen LogP contribution in [-0.2, 0) is 4.79 Å². The fourth-order valence-electron chi connectivity index (χ4n) is 3.74. The van der Waals surface area contributed by atoms with Crippen LogP contribution in [0.4, 0.5) is 4.79 Å². The van der Waals surface area contributed by atoms with Crippen molar-refractivity contribution < 1.29 is 9.59 Å². The SMILES string of the molecule is O=C1NCC[C@@H]1NC(=O)N1CCC(n2c(=O)[nH]c3ccccc32)CC1. The molecule has 0 spiro atoms. The monoisotopic (exact) mass is 343 g/mol. The number of hydrogen-bond donors (Lipinski definition) is 3. The van der Waals surface area contributed by atoms with E-state index in [-0.39, 0.29) is 23.7 Å². The lowest BCUT2D eigenvalue weighted by molar-refractivity contribution is -0.120. The van der Waals surface area contributed by atoms with Gasteiger partial charge in [-0.05, 0) is 31.4 Å². The summed E-state index contributed by atoms with van der Waals surface area (Å²) in [4.78, 5) is 40.8. The summed E-state index contributed by atoms with van der Waals surface area (Å²) in [6, 6.07) is 7.08. The maximum Gasteiger partial charge on any atom is 0.326 e. The van der Waals surface area contributed by atoms with Crippen LogP contribution in [0.15, 0.2) is 29.1 Å². The molecule has 132 valence electrons. The second-order valence-electron chi connectivity index (χ2n) is 6.62. The molecule has 2 aliphatic rings. The number of aromatic amines is 1. The van der Waals surface area contributed by atoms with Crippen molar-refractivity contribution in [2.75, 3.05) is 19.6 Å².